The lowest BCUT2D eigenvalue weighted by molar-refractivity contribution is 0.356. The van der Waals surface area contributed by atoms with Gasteiger partial charge >= 0.3 is 0 Å². The summed E-state index contributed by atoms with van der Waals surface area (Å²) in [4.78, 5) is 12.8. The molecule has 0 atom stereocenters. The van der Waals surface area contributed by atoms with Gasteiger partial charge in [-0.25, -0.2) is 4.98 Å². The molecule has 0 spiro atoms. The predicted octanol–water partition coefficient (Wildman–Crippen LogP) is 4.36. The molecule has 1 fully saturated rings. The lowest BCUT2D eigenvalue weighted by Crippen LogP contribution is -2.11. The van der Waals surface area contributed by atoms with Crippen LogP contribution in [-0.4, -0.2) is 41.8 Å². The number of H-pyrrole nitrogens is 1. The van der Waals surface area contributed by atoms with Crippen LogP contribution in [0.1, 0.15) is 18.4 Å². The van der Waals surface area contributed by atoms with E-state index in [-0.39, 0.29) is 0 Å². The van der Waals surface area contributed by atoms with Crippen LogP contribution in [0.2, 0.25) is 0 Å². The highest BCUT2D eigenvalue weighted by atomic mass is 16.5. The smallest absolute Gasteiger partial charge is 0.225 e. The van der Waals surface area contributed by atoms with E-state index in [0.717, 1.165) is 48.0 Å². The average molecular weight is 403 g/mol. The number of rotatable bonds is 8. The van der Waals surface area contributed by atoms with E-state index in [1.54, 1.807) is 14.2 Å². The Bertz CT molecular complexity index is 1200. The molecule has 0 bridgehead atoms. The van der Waals surface area contributed by atoms with Gasteiger partial charge in [0.15, 0.2) is 11.5 Å². The van der Waals surface area contributed by atoms with E-state index < -0.39 is 0 Å². The molecule has 0 radical (unpaired) electrons. The lowest BCUT2D eigenvalue weighted by Gasteiger charge is -2.14. The Balaban J connectivity index is 1.44. The van der Waals surface area contributed by atoms with Gasteiger partial charge in [0.1, 0.15) is 5.82 Å². The van der Waals surface area contributed by atoms with Crippen molar-refractivity contribution in [3.63, 3.8) is 0 Å². The number of hydrogen-bond donors (Lipinski definition) is 3. The molecule has 2 heterocycles. The maximum atomic E-state index is 5.49. The van der Waals surface area contributed by atoms with Crippen molar-refractivity contribution in [2.45, 2.75) is 25.3 Å². The number of nitrogens with one attached hydrogen (secondary N) is 3. The fourth-order valence-electron chi connectivity index (χ4n) is 3.72. The molecule has 2 aromatic carbocycles. The molecule has 5 rings (SSSR count). The molecule has 7 nitrogen and oxygen atoms in total. The lowest BCUT2D eigenvalue weighted by atomic mass is 10.1. The molecule has 0 unspecified atom stereocenters. The zero-order valence-electron chi connectivity index (χ0n) is 17.2. The van der Waals surface area contributed by atoms with Gasteiger partial charge in [0.2, 0.25) is 5.95 Å². The fourth-order valence-corrected chi connectivity index (χ4v) is 3.72. The number of hydrogen-bond acceptors (Lipinski definition) is 6. The minimum absolute atomic E-state index is 0.474. The topological polar surface area (TPSA) is 84.1 Å². The molecule has 0 amide bonds. The van der Waals surface area contributed by atoms with E-state index in [4.69, 9.17) is 19.4 Å². The number of anilines is 2. The summed E-state index contributed by atoms with van der Waals surface area (Å²) >= 11 is 0. The summed E-state index contributed by atoms with van der Waals surface area (Å²) in [7, 11) is 3.27. The monoisotopic (exact) mass is 403 g/mol. The summed E-state index contributed by atoms with van der Waals surface area (Å²) in [6, 6.07) is 12.7. The maximum Gasteiger partial charge on any atom is 0.225 e. The Morgan fingerprint density at radius 2 is 1.83 bits per heavy atom. The summed E-state index contributed by atoms with van der Waals surface area (Å²) in [6.07, 6.45) is 5.29. The highest BCUT2D eigenvalue weighted by molar-refractivity contribution is 5.93. The average Bonchev–Trinajstić information content (AvgIpc) is 3.50. The van der Waals surface area contributed by atoms with Gasteiger partial charge in [0, 0.05) is 41.1 Å². The SMILES string of the molecule is COc1cc2nc(NC3CC3)nc(NCCc3c[nH]c4ccccc34)c2cc1OC. The molecular weight excluding hydrogens is 378 g/mol. The van der Waals surface area contributed by atoms with E-state index in [1.807, 2.05) is 18.2 Å². The zero-order chi connectivity index (χ0) is 20.5. The molecule has 1 aliphatic rings. The molecule has 7 heteroatoms. The van der Waals surface area contributed by atoms with Crippen LogP contribution < -0.4 is 20.1 Å². The second-order valence-electron chi connectivity index (χ2n) is 7.58. The van der Waals surface area contributed by atoms with E-state index in [0.29, 0.717) is 23.5 Å². The number of methoxy groups -OCH3 is 2. The normalized spacial score (nSPS) is 13.5. The molecule has 30 heavy (non-hydrogen) atoms. The van der Waals surface area contributed by atoms with Crippen LogP contribution >= 0.6 is 0 Å². The molecule has 2 aromatic heterocycles. The van der Waals surface area contributed by atoms with Crippen molar-refractivity contribution in [1.82, 2.24) is 15.0 Å². The molecule has 3 N–H and O–H groups in total. The number of nitrogens with zero attached hydrogens (tertiary/aromatic N) is 2. The van der Waals surface area contributed by atoms with Crippen molar-refractivity contribution in [1.29, 1.82) is 0 Å². The van der Waals surface area contributed by atoms with Crippen LogP contribution in [0, 0.1) is 0 Å². The molecule has 1 aliphatic carbocycles. The van der Waals surface area contributed by atoms with Gasteiger partial charge in [-0.3, -0.25) is 0 Å². The van der Waals surface area contributed by atoms with Gasteiger partial charge in [-0.15, -0.1) is 0 Å². The second-order valence-corrected chi connectivity index (χ2v) is 7.58. The third-order valence-electron chi connectivity index (χ3n) is 5.47. The highest BCUT2D eigenvalue weighted by Gasteiger charge is 2.23. The Hall–Kier alpha value is -3.48. The Kier molecular flexibility index (Phi) is 4.78. The number of para-hydroxylation sites is 1. The minimum Gasteiger partial charge on any atom is -0.493 e. The Morgan fingerprint density at radius 3 is 2.63 bits per heavy atom. The largest absolute Gasteiger partial charge is 0.493 e. The van der Waals surface area contributed by atoms with Crippen molar-refractivity contribution in [3.8, 4) is 11.5 Å². The van der Waals surface area contributed by atoms with Gasteiger partial charge in [0.05, 0.1) is 19.7 Å². The molecule has 0 aliphatic heterocycles. The van der Waals surface area contributed by atoms with E-state index in [1.165, 1.54) is 10.9 Å². The first-order valence-electron chi connectivity index (χ1n) is 10.2. The van der Waals surface area contributed by atoms with Crippen molar-refractivity contribution < 1.29 is 9.47 Å². The van der Waals surface area contributed by atoms with E-state index in [9.17, 15) is 0 Å². The quantitative estimate of drug-likeness (QED) is 0.405. The van der Waals surface area contributed by atoms with Crippen molar-refractivity contribution >= 4 is 33.6 Å². The van der Waals surface area contributed by atoms with E-state index >= 15 is 0 Å². The van der Waals surface area contributed by atoms with Crippen molar-refractivity contribution in [3.05, 3.63) is 48.2 Å². The first kappa shape index (κ1) is 18.5. The molecule has 4 aromatic rings. The summed E-state index contributed by atoms with van der Waals surface area (Å²) < 4.78 is 10.9. The number of aromatic amines is 1. The van der Waals surface area contributed by atoms with Gasteiger partial charge in [-0.05, 0) is 37.0 Å². The standard InChI is InChI=1S/C23H25N5O2/c1-29-20-11-17-19(12-21(20)30-2)27-23(26-15-7-8-15)28-22(17)24-10-9-14-13-25-18-6-4-3-5-16(14)18/h3-6,11-13,15,25H,7-10H2,1-2H3,(H2,24,26,27,28). The Labute approximate surface area is 174 Å². The van der Waals surface area contributed by atoms with Crippen LogP contribution in [0.15, 0.2) is 42.6 Å². The van der Waals surface area contributed by atoms with E-state index in [2.05, 4.69) is 40.0 Å². The summed E-state index contributed by atoms with van der Waals surface area (Å²) in [6.45, 7) is 0.755. The van der Waals surface area contributed by atoms with Gasteiger partial charge in [0.25, 0.3) is 0 Å². The highest BCUT2D eigenvalue weighted by Crippen LogP contribution is 2.35. The first-order chi connectivity index (χ1) is 14.7. The number of ether oxygens (including phenoxy) is 2. The van der Waals surface area contributed by atoms with Gasteiger partial charge in [-0.1, -0.05) is 18.2 Å². The summed E-state index contributed by atoms with van der Waals surface area (Å²) in [5, 5.41) is 9.08. The van der Waals surface area contributed by atoms with Crippen LogP contribution in [0.3, 0.4) is 0 Å². The van der Waals surface area contributed by atoms with Crippen LogP contribution in [0.25, 0.3) is 21.8 Å². The summed E-state index contributed by atoms with van der Waals surface area (Å²) in [5.74, 6) is 2.76. The molecule has 1 saturated carbocycles. The summed E-state index contributed by atoms with van der Waals surface area (Å²) in [5.41, 5.74) is 3.26. The molecular formula is C23H25N5O2. The number of aromatic nitrogens is 3. The fraction of sp³-hybridized carbons (Fsp3) is 0.304. The molecule has 154 valence electrons. The number of benzene rings is 2. The first-order valence-corrected chi connectivity index (χ1v) is 10.2. The van der Waals surface area contributed by atoms with Crippen molar-refractivity contribution in [2.75, 3.05) is 31.4 Å². The van der Waals surface area contributed by atoms with Crippen LogP contribution in [0.5, 0.6) is 11.5 Å². The van der Waals surface area contributed by atoms with Crippen LogP contribution in [-0.2, 0) is 6.42 Å². The molecule has 0 saturated heterocycles. The predicted molar refractivity (Wildman–Crippen MR) is 120 cm³/mol. The second kappa shape index (κ2) is 7.74. The number of fused-ring (bicyclic) bond motifs is 2. The Morgan fingerprint density at radius 1 is 1.03 bits per heavy atom. The van der Waals surface area contributed by atoms with Gasteiger partial charge in [-0.2, -0.15) is 4.98 Å². The van der Waals surface area contributed by atoms with Crippen molar-refractivity contribution in [2.24, 2.45) is 0 Å². The third-order valence-corrected chi connectivity index (χ3v) is 5.47. The maximum absolute atomic E-state index is 5.49. The third kappa shape index (κ3) is 3.58. The zero-order valence-corrected chi connectivity index (χ0v) is 17.2. The van der Waals surface area contributed by atoms with Gasteiger partial charge < -0.3 is 25.1 Å². The van der Waals surface area contributed by atoms with Crippen LogP contribution in [0.4, 0.5) is 11.8 Å². The minimum atomic E-state index is 0.474.